The van der Waals surface area contributed by atoms with E-state index in [1.54, 1.807) is 25.1 Å². The number of piperazine rings is 1. The summed E-state index contributed by atoms with van der Waals surface area (Å²) in [6.07, 6.45) is -2.84. The van der Waals surface area contributed by atoms with Crippen LogP contribution in [0.15, 0.2) is 42.5 Å². The number of carbonyl (C=O) groups excluding carboxylic acids is 1. The molecule has 0 bridgehead atoms. The number of hydrogen-bond donors (Lipinski definition) is 1. The summed E-state index contributed by atoms with van der Waals surface area (Å²) in [5.74, 6) is -0.311. The number of sulfonamides is 1. The first-order valence-electron chi connectivity index (χ1n) is 11.7. The number of rotatable bonds is 8. The molecule has 1 aliphatic heterocycles. The SMILES string of the molecule is CC1CN(CCC(C)(C(=O)NCc2ccc(C(F)(F)F)cc2)c2ccc(Cl)c(Cl)c2)CCN1S(C)(=O)=O. The second-order valence-corrected chi connectivity index (χ2v) is 12.4. The molecule has 0 aliphatic carbocycles. The second kappa shape index (κ2) is 11.5. The van der Waals surface area contributed by atoms with Gasteiger partial charge in [-0.15, -0.1) is 0 Å². The fraction of sp³-hybridized carbons (Fsp3) is 0.480. The minimum Gasteiger partial charge on any atom is -0.351 e. The van der Waals surface area contributed by atoms with E-state index in [-0.39, 0.29) is 18.5 Å². The highest BCUT2D eigenvalue weighted by molar-refractivity contribution is 7.88. The maximum absolute atomic E-state index is 13.5. The molecular weight excluding hydrogens is 550 g/mol. The van der Waals surface area contributed by atoms with E-state index in [1.165, 1.54) is 22.7 Å². The first-order chi connectivity index (χ1) is 17.1. The summed E-state index contributed by atoms with van der Waals surface area (Å²) in [6.45, 7) is 5.63. The molecule has 2 atom stereocenters. The standard InChI is InChI=1S/C25H30Cl2F3N3O3S/c1-17-16-32(12-13-33(17)37(3,35)36)11-10-24(2,20-8-9-21(26)22(27)14-20)23(34)31-15-18-4-6-19(7-5-18)25(28,29)30/h4-9,14,17H,10-13,15-16H2,1-3H3,(H,31,34). The van der Waals surface area contributed by atoms with Gasteiger partial charge in [0, 0.05) is 32.2 Å². The van der Waals surface area contributed by atoms with E-state index < -0.39 is 27.2 Å². The summed E-state index contributed by atoms with van der Waals surface area (Å²) in [5.41, 5.74) is -0.608. The van der Waals surface area contributed by atoms with Gasteiger partial charge in [-0.1, -0.05) is 41.4 Å². The van der Waals surface area contributed by atoms with Crippen LogP contribution < -0.4 is 5.32 Å². The first-order valence-corrected chi connectivity index (χ1v) is 14.3. The first kappa shape index (κ1) is 29.7. The molecule has 2 aromatic carbocycles. The number of nitrogens with zero attached hydrogens (tertiary/aromatic N) is 2. The van der Waals surface area contributed by atoms with Crippen LogP contribution in [0.5, 0.6) is 0 Å². The van der Waals surface area contributed by atoms with Crippen molar-refractivity contribution >= 4 is 39.1 Å². The van der Waals surface area contributed by atoms with Crippen LogP contribution in [0.1, 0.15) is 37.0 Å². The van der Waals surface area contributed by atoms with Crippen LogP contribution in [0.3, 0.4) is 0 Å². The van der Waals surface area contributed by atoms with Crippen LogP contribution in [0.25, 0.3) is 0 Å². The van der Waals surface area contributed by atoms with Gasteiger partial charge in [-0.2, -0.15) is 17.5 Å². The molecule has 1 N–H and O–H groups in total. The summed E-state index contributed by atoms with van der Waals surface area (Å²) >= 11 is 12.3. The number of nitrogens with one attached hydrogen (secondary N) is 1. The fourth-order valence-electron chi connectivity index (χ4n) is 4.51. The highest BCUT2D eigenvalue weighted by Gasteiger charge is 2.37. The third-order valence-corrected chi connectivity index (χ3v) is 8.93. The Bertz CT molecular complexity index is 1230. The Morgan fingerprint density at radius 3 is 2.22 bits per heavy atom. The van der Waals surface area contributed by atoms with E-state index in [9.17, 15) is 26.4 Å². The van der Waals surface area contributed by atoms with Crippen molar-refractivity contribution < 1.29 is 26.4 Å². The molecule has 1 saturated heterocycles. The Kier molecular flexibility index (Phi) is 9.22. The predicted molar refractivity (Wildman–Crippen MR) is 139 cm³/mol. The van der Waals surface area contributed by atoms with Gasteiger partial charge in [0.05, 0.1) is 27.3 Å². The van der Waals surface area contributed by atoms with Crippen molar-refractivity contribution in [2.75, 3.05) is 32.4 Å². The quantitative estimate of drug-likeness (QED) is 0.481. The highest BCUT2D eigenvalue weighted by Crippen LogP contribution is 2.34. The third-order valence-electron chi connectivity index (χ3n) is 6.80. The van der Waals surface area contributed by atoms with E-state index in [0.29, 0.717) is 53.8 Å². The minimum absolute atomic E-state index is 0.0535. The topological polar surface area (TPSA) is 69.7 Å². The number of amides is 1. The molecule has 1 amide bonds. The number of benzene rings is 2. The largest absolute Gasteiger partial charge is 0.416 e. The molecule has 0 spiro atoms. The van der Waals surface area contributed by atoms with Crippen molar-refractivity contribution in [2.24, 2.45) is 0 Å². The van der Waals surface area contributed by atoms with Crippen molar-refractivity contribution in [1.29, 1.82) is 0 Å². The molecule has 1 heterocycles. The summed E-state index contributed by atoms with van der Waals surface area (Å²) in [5, 5.41) is 3.50. The lowest BCUT2D eigenvalue weighted by Gasteiger charge is -2.40. The molecule has 12 heteroatoms. The third kappa shape index (κ3) is 7.38. The van der Waals surface area contributed by atoms with E-state index >= 15 is 0 Å². The molecule has 3 rings (SSSR count). The van der Waals surface area contributed by atoms with Crippen LogP contribution in [0.4, 0.5) is 13.2 Å². The van der Waals surface area contributed by atoms with Gasteiger partial charge in [-0.3, -0.25) is 4.79 Å². The molecule has 1 fully saturated rings. The summed E-state index contributed by atoms with van der Waals surface area (Å²) in [4.78, 5) is 15.6. The van der Waals surface area contributed by atoms with E-state index in [1.807, 2.05) is 6.92 Å². The molecule has 2 unspecified atom stereocenters. The van der Waals surface area contributed by atoms with Gasteiger partial charge in [0.2, 0.25) is 15.9 Å². The number of carbonyl (C=O) groups is 1. The molecular formula is C25H30Cl2F3N3O3S. The predicted octanol–water partition coefficient (Wildman–Crippen LogP) is 4.94. The van der Waals surface area contributed by atoms with Crippen molar-refractivity contribution in [3.8, 4) is 0 Å². The Morgan fingerprint density at radius 2 is 1.68 bits per heavy atom. The maximum atomic E-state index is 13.5. The molecule has 0 aromatic heterocycles. The van der Waals surface area contributed by atoms with Crippen LogP contribution in [0.2, 0.25) is 10.0 Å². The Balaban J connectivity index is 1.75. The van der Waals surface area contributed by atoms with E-state index in [2.05, 4.69) is 10.2 Å². The zero-order valence-electron chi connectivity index (χ0n) is 20.8. The molecule has 6 nitrogen and oxygen atoms in total. The Hall–Kier alpha value is -1.85. The highest BCUT2D eigenvalue weighted by atomic mass is 35.5. The van der Waals surface area contributed by atoms with Crippen molar-refractivity contribution in [3.05, 3.63) is 69.2 Å². The maximum Gasteiger partial charge on any atom is 0.416 e. The van der Waals surface area contributed by atoms with Crippen molar-refractivity contribution in [1.82, 2.24) is 14.5 Å². The van der Waals surface area contributed by atoms with E-state index in [4.69, 9.17) is 23.2 Å². The number of hydrogen-bond acceptors (Lipinski definition) is 4. The molecule has 2 aromatic rings. The monoisotopic (exact) mass is 579 g/mol. The van der Waals surface area contributed by atoms with Crippen molar-refractivity contribution in [2.45, 2.75) is 44.4 Å². The Morgan fingerprint density at radius 1 is 1.05 bits per heavy atom. The van der Waals surface area contributed by atoms with Gasteiger partial charge in [0.15, 0.2) is 0 Å². The average molecular weight is 581 g/mol. The Labute approximate surface area is 225 Å². The van der Waals surface area contributed by atoms with Gasteiger partial charge in [-0.05, 0) is 62.2 Å². The lowest BCUT2D eigenvalue weighted by atomic mass is 9.78. The lowest BCUT2D eigenvalue weighted by Crippen LogP contribution is -2.54. The summed E-state index contributed by atoms with van der Waals surface area (Å²) in [6, 6.07) is 9.43. The van der Waals surface area contributed by atoms with Gasteiger partial charge in [0.25, 0.3) is 0 Å². The normalized spacial score (nSPS) is 19.4. The minimum atomic E-state index is -4.43. The zero-order chi connectivity index (χ0) is 27.6. The van der Waals surface area contributed by atoms with Crippen molar-refractivity contribution in [3.63, 3.8) is 0 Å². The van der Waals surface area contributed by atoms with Gasteiger partial charge >= 0.3 is 6.18 Å². The van der Waals surface area contributed by atoms with E-state index in [0.717, 1.165) is 12.1 Å². The second-order valence-electron chi connectivity index (χ2n) is 9.61. The van der Waals surface area contributed by atoms with Crippen LogP contribution in [-0.4, -0.2) is 62.0 Å². The average Bonchev–Trinajstić information content (AvgIpc) is 2.81. The van der Waals surface area contributed by atoms with Gasteiger partial charge < -0.3 is 10.2 Å². The number of alkyl halides is 3. The molecule has 37 heavy (non-hydrogen) atoms. The summed E-state index contributed by atoms with van der Waals surface area (Å²) in [7, 11) is -3.30. The molecule has 0 radical (unpaired) electrons. The van der Waals surface area contributed by atoms with Crippen LogP contribution in [-0.2, 0) is 33.0 Å². The van der Waals surface area contributed by atoms with Crippen LogP contribution in [0, 0.1) is 0 Å². The van der Waals surface area contributed by atoms with Gasteiger partial charge in [0.1, 0.15) is 0 Å². The fourth-order valence-corrected chi connectivity index (χ4v) is 5.94. The summed E-state index contributed by atoms with van der Waals surface area (Å²) < 4.78 is 64.0. The number of halogens is 5. The van der Waals surface area contributed by atoms with Gasteiger partial charge in [-0.25, -0.2) is 8.42 Å². The molecule has 204 valence electrons. The smallest absolute Gasteiger partial charge is 0.351 e. The molecule has 0 saturated carbocycles. The van der Waals surface area contributed by atoms with Crippen LogP contribution >= 0.6 is 23.2 Å². The molecule has 1 aliphatic rings. The lowest BCUT2D eigenvalue weighted by molar-refractivity contribution is -0.137. The zero-order valence-corrected chi connectivity index (χ0v) is 23.1.